The highest BCUT2D eigenvalue weighted by molar-refractivity contribution is 5.47. The quantitative estimate of drug-likeness (QED) is 0.931. The van der Waals surface area contributed by atoms with Gasteiger partial charge in [0.05, 0.1) is 24.0 Å². The molecule has 2 heterocycles. The maximum atomic E-state index is 5.94. The van der Waals surface area contributed by atoms with Gasteiger partial charge < -0.3 is 10.1 Å². The van der Waals surface area contributed by atoms with Crippen molar-refractivity contribution in [3.63, 3.8) is 0 Å². The summed E-state index contributed by atoms with van der Waals surface area (Å²) in [5.74, 6) is 1.05. The summed E-state index contributed by atoms with van der Waals surface area (Å²) in [5, 5.41) is 7.85. The van der Waals surface area contributed by atoms with Gasteiger partial charge in [-0.15, -0.1) is 0 Å². The first-order valence-corrected chi connectivity index (χ1v) is 7.13. The molecule has 3 rings (SSSR count). The van der Waals surface area contributed by atoms with E-state index in [1.54, 1.807) is 0 Å². The summed E-state index contributed by atoms with van der Waals surface area (Å²) in [5.41, 5.74) is 4.71. The summed E-state index contributed by atoms with van der Waals surface area (Å²) in [7, 11) is 3.97. The molecule has 4 heteroatoms. The molecule has 1 aliphatic heterocycles. The third-order valence-corrected chi connectivity index (χ3v) is 3.90. The van der Waals surface area contributed by atoms with E-state index in [4.69, 9.17) is 4.74 Å². The fourth-order valence-corrected chi connectivity index (χ4v) is 3.01. The molecular weight excluding hydrogens is 250 g/mol. The van der Waals surface area contributed by atoms with E-state index in [0.29, 0.717) is 0 Å². The number of rotatable bonds is 3. The third-order valence-electron chi connectivity index (χ3n) is 3.90. The van der Waals surface area contributed by atoms with Gasteiger partial charge in [-0.1, -0.05) is 18.2 Å². The van der Waals surface area contributed by atoms with Gasteiger partial charge in [0.25, 0.3) is 0 Å². The Morgan fingerprint density at radius 3 is 2.95 bits per heavy atom. The van der Waals surface area contributed by atoms with E-state index < -0.39 is 0 Å². The van der Waals surface area contributed by atoms with Crippen LogP contribution in [0.15, 0.2) is 24.3 Å². The number of nitrogens with one attached hydrogen (secondary N) is 1. The molecule has 1 atom stereocenters. The number of ether oxygens (including phenoxy) is 1. The number of fused-ring (bicyclic) bond motifs is 1. The van der Waals surface area contributed by atoms with Gasteiger partial charge in [-0.2, -0.15) is 5.10 Å². The Kier molecular flexibility index (Phi) is 3.49. The van der Waals surface area contributed by atoms with Gasteiger partial charge in [0, 0.05) is 12.6 Å². The molecule has 0 spiro atoms. The molecule has 4 nitrogen and oxygen atoms in total. The molecule has 1 N–H and O–H groups in total. The van der Waals surface area contributed by atoms with Crippen molar-refractivity contribution in [2.24, 2.45) is 7.05 Å². The lowest BCUT2D eigenvalue weighted by Gasteiger charge is -2.25. The first kappa shape index (κ1) is 13.2. The second-order valence-electron chi connectivity index (χ2n) is 5.34. The smallest absolute Gasteiger partial charge is 0.127 e. The number of hydrogen-bond donors (Lipinski definition) is 1. The van der Waals surface area contributed by atoms with Crippen LogP contribution in [0.3, 0.4) is 0 Å². The fraction of sp³-hybridized carbons (Fsp3) is 0.438. The van der Waals surface area contributed by atoms with Gasteiger partial charge >= 0.3 is 0 Å². The Morgan fingerprint density at radius 1 is 1.40 bits per heavy atom. The largest absolute Gasteiger partial charge is 0.493 e. The first-order valence-electron chi connectivity index (χ1n) is 7.13. The van der Waals surface area contributed by atoms with Crippen LogP contribution in [0.1, 0.15) is 35.0 Å². The molecule has 0 amide bonds. The fourth-order valence-electron chi connectivity index (χ4n) is 3.01. The summed E-state index contributed by atoms with van der Waals surface area (Å²) in [4.78, 5) is 0. The highest BCUT2D eigenvalue weighted by atomic mass is 16.5. The topological polar surface area (TPSA) is 39.1 Å². The molecule has 0 fully saturated rings. The van der Waals surface area contributed by atoms with Gasteiger partial charge in [-0.3, -0.25) is 4.68 Å². The van der Waals surface area contributed by atoms with Gasteiger partial charge in [-0.05, 0) is 38.4 Å². The van der Waals surface area contributed by atoms with Crippen LogP contribution >= 0.6 is 0 Å². The highest BCUT2D eigenvalue weighted by Crippen LogP contribution is 2.35. The minimum atomic E-state index is 0.106. The van der Waals surface area contributed by atoms with Gasteiger partial charge in [0.1, 0.15) is 5.75 Å². The Labute approximate surface area is 119 Å². The van der Waals surface area contributed by atoms with Crippen LogP contribution in [-0.4, -0.2) is 23.4 Å². The molecule has 1 aromatic carbocycles. The lowest BCUT2D eigenvalue weighted by molar-refractivity contribution is 0.283. The molecule has 106 valence electrons. The highest BCUT2D eigenvalue weighted by Gasteiger charge is 2.23. The number of aromatic nitrogens is 2. The predicted octanol–water partition coefficient (Wildman–Crippen LogP) is 2.36. The van der Waals surface area contributed by atoms with Crippen LogP contribution in [0, 0.1) is 6.92 Å². The van der Waals surface area contributed by atoms with E-state index in [0.717, 1.165) is 36.6 Å². The summed E-state index contributed by atoms with van der Waals surface area (Å²) < 4.78 is 7.88. The summed E-state index contributed by atoms with van der Waals surface area (Å²) in [6.45, 7) is 2.83. The van der Waals surface area contributed by atoms with Crippen molar-refractivity contribution in [1.29, 1.82) is 0 Å². The second kappa shape index (κ2) is 5.29. The van der Waals surface area contributed by atoms with E-state index in [2.05, 4.69) is 34.7 Å². The SMILES string of the molecule is CNC(c1cccc2c1OCCC2)c1cc(C)nn1C. The normalized spacial score (nSPS) is 15.6. The van der Waals surface area contributed by atoms with E-state index in [9.17, 15) is 0 Å². The molecule has 1 aromatic heterocycles. The molecule has 0 saturated carbocycles. The second-order valence-corrected chi connectivity index (χ2v) is 5.34. The lowest BCUT2D eigenvalue weighted by Crippen LogP contribution is -2.23. The minimum absolute atomic E-state index is 0.106. The molecule has 20 heavy (non-hydrogen) atoms. The molecule has 0 radical (unpaired) electrons. The standard InChI is InChI=1S/C16H21N3O/c1-11-10-14(19(3)18-11)15(17-2)13-8-4-6-12-7-5-9-20-16(12)13/h4,6,8,10,15,17H,5,7,9H2,1-3H3. The van der Waals surface area contributed by atoms with Crippen LogP contribution in [0.25, 0.3) is 0 Å². The average Bonchev–Trinajstić information content (AvgIpc) is 2.79. The van der Waals surface area contributed by atoms with Crippen LogP contribution in [-0.2, 0) is 13.5 Å². The number of para-hydroxylation sites is 1. The van der Waals surface area contributed by atoms with Crippen molar-refractivity contribution >= 4 is 0 Å². The van der Waals surface area contributed by atoms with Gasteiger partial charge in [0.15, 0.2) is 0 Å². The number of hydrogen-bond acceptors (Lipinski definition) is 3. The Balaban J connectivity index is 2.08. The first-order chi connectivity index (χ1) is 9.70. The zero-order valence-electron chi connectivity index (χ0n) is 12.3. The summed E-state index contributed by atoms with van der Waals surface area (Å²) in [6, 6.07) is 8.67. The lowest BCUT2D eigenvalue weighted by atomic mass is 9.96. The molecule has 1 unspecified atom stereocenters. The van der Waals surface area contributed by atoms with Crippen molar-refractivity contribution in [2.45, 2.75) is 25.8 Å². The predicted molar refractivity (Wildman–Crippen MR) is 79.1 cm³/mol. The Hall–Kier alpha value is -1.81. The van der Waals surface area contributed by atoms with E-state index in [1.807, 2.05) is 25.7 Å². The van der Waals surface area contributed by atoms with Crippen molar-refractivity contribution in [3.8, 4) is 5.75 Å². The van der Waals surface area contributed by atoms with Gasteiger partial charge in [-0.25, -0.2) is 0 Å². The molecule has 1 aliphatic rings. The Morgan fingerprint density at radius 2 is 2.25 bits per heavy atom. The maximum absolute atomic E-state index is 5.94. The Bertz CT molecular complexity index is 618. The maximum Gasteiger partial charge on any atom is 0.127 e. The minimum Gasteiger partial charge on any atom is -0.493 e. The number of benzene rings is 1. The zero-order valence-corrected chi connectivity index (χ0v) is 12.3. The summed E-state index contributed by atoms with van der Waals surface area (Å²) in [6.07, 6.45) is 2.20. The molecule has 0 aliphatic carbocycles. The molecule has 0 saturated heterocycles. The van der Waals surface area contributed by atoms with Crippen molar-refractivity contribution in [2.75, 3.05) is 13.7 Å². The van der Waals surface area contributed by atoms with E-state index in [1.165, 1.54) is 11.1 Å². The van der Waals surface area contributed by atoms with Crippen LogP contribution < -0.4 is 10.1 Å². The van der Waals surface area contributed by atoms with Crippen molar-refractivity contribution in [3.05, 3.63) is 46.8 Å². The molecule has 2 aromatic rings. The number of nitrogens with zero attached hydrogens (tertiary/aromatic N) is 2. The monoisotopic (exact) mass is 271 g/mol. The molecule has 0 bridgehead atoms. The van der Waals surface area contributed by atoms with Crippen LogP contribution in [0.2, 0.25) is 0 Å². The van der Waals surface area contributed by atoms with E-state index in [-0.39, 0.29) is 6.04 Å². The van der Waals surface area contributed by atoms with Crippen molar-refractivity contribution in [1.82, 2.24) is 15.1 Å². The van der Waals surface area contributed by atoms with E-state index >= 15 is 0 Å². The average molecular weight is 271 g/mol. The van der Waals surface area contributed by atoms with Crippen LogP contribution in [0.4, 0.5) is 0 Å². The third kappa shape index (κ3) is 2.20. The van der Waals surface area contributed by atoms with Crippen molar-refractivity contribution < 1.29 is 4.74 Å². The zero-order chi connectivity index (χ0) is 14.1. The molecular formula is C16H21N3O. The van der Waals surface area contributed by atoms with Gasteiger partial charge in [0.2, 0.25) is 0 Å². The number of aryl methyl sites for hydroxylation is 3. The summed E-state index contributed by atoms with van der Waals surface area (Å²) >= 11 is 0. The van der Waals surface area contributed by atoms with Crippen LogP contribution in [0.5, 0.6) is 5.75 Å².